The Morgan fingerprint density at radius 2 is 2.00 bits per heavy atom. The van der Waals surface area contributed by atoms with E-state index in [0.717, 1.165) is 26.4 Å². The Hall–Kier alpha value is -1.26. The maximum atomic E-state index is 12.3. The summed E-state index contributed by atoms with van der Waals surface area (Å²) in [4.78, 5) is 13.4. The van der Waals surface area contributed by atoms with E-state index >= 15 is 0 Å². The lowest BCUT2D eigenvalue weighted by Gasteiger charge is -2.10. The van der Waals surface area contributed by atoms with Crippen molar-refractivity contribution in [1.29, 1.82) is 0 Å². The first-order valence-electron chi connectivity index (χ1n) is 6.41. The highest BCUT2D eigenvalue weighted by Gasteiger charge is 2.10. The predicted molar refractivity (Wildman–Crippen MR) is 89.7 cm³/mol. The molecule has 20 heavy (non-hydrogen) atoms. The third kappa shape index (κ3) is 3.64. The molecule has 0 aromatic heterocycles. The van der Waals surface area contributed by atoms with Crippen molar-refractivity contribution in [2.24, 2.45) is 0 Å². The minimum Gasteiger partial charge on any atom is -0.321 e. The molecule has 2 nitrogen and oxygen atoms in total. The predicted octanol–water partition coefficient (Wildman–Crippen LogP) is 5.12. The molecule has 0 saturated heterocycles. The SMILES string of the molecule is CCSc1ccccc1NC(=O)c1ccc(C)c(Br)c1. The second-order valence-electron chi connectivity index (χ2n) is 4.35. The fraction of sp³-hybridized carbons (Fsp3) is 0.188. The van der Waals surface area contributed by atoms with Crippen molar-refractivity contribution in [2.45, 2.75) is 18.7 Å². The molecule has 2 aromatic carbocycles. The summed E-state index contributed by atoms with van der Waals surface area (Å²) in [7, 11) is 0. The third-order valence-electron chi connectivity index (χ3n) is 2.87. The fourth-order valence-corrected chi connectivity index (χ4v) is 2.92. The van der Waals surface area contributed by atoms with Gasteiger partial charge in [0.15, 0.2) is 0 Å². The van der Waals surface area contributed by atoms with Gasteiger partial charge >= 0.3 is 0 Å². The lowest BCUT2D eigenvalue weighted by molar-refractivity contribution is 0.102. The maximum absolute atomic E-state index is 12.3. The average molecular weight is 350 g/mol. The van der Waals surface area contributed by atoms with Crippen LogP contribution in [0.25, 0.3) is 0 Å². The normalized spacial score (nSPS) is 10.3. The molecule has 1 N–H and O–H groups in total. The zero-order valence-corrected chi connectivity index (χ0v) is 13.8. The Labute approximate surface area is 132 Å². The highest BCUT2D eigenvalue weighted by Crippen LogP contribution is 2.27. The third-order valence-corrected chi connectivity index (χ3v) is 4.68. The van der Waals surface area contributed by atoms with Crippen molar-refractivity contribution >= 4 is 39.3 Å². The number of para-hydroxylation sites is 1. The Bertz CT molecular complexity index is 628. The first-order valence-corrected chi connectivity index (χ1v) is 8.19. The number of carbonyl (C=O) groups excluding carboxylic acids is 1. The number of halogens is 1. The van der Waals surface area contributed by atoms with Crippen LogP contribution in [0.5, 0.6) is 0 Å². The summed E-state index contributed by atoms with van der Waals surface area (Å²) in [6.45, 7) is 4.10. The molecular formula is C16H16BrNOS. The lowest BCUT2D eigenvalue weighted by atomic mass is 10.1. The standard InChI is InChI=1S/C16H16BrNOS/c1-3-20-15-7-5-4-6-14(15)18-16(19)12-9-8-11(2)13(17)10-12/h4-10H,3H2,1-2H3,(H,18,19). The molecule has 0 fully saturated rings. The van der Waals surface area contributed by atoms with Gasteiger partial charge < -0.3 is 5.32 Å². The van der Waals surface area contributed by atoms with E-state index in [-0.39, 0.29) is 5.91 Å². The summed E-state index contributed by atoms with van der Waals surface area (Å²) >= 11 is 5.18. The Balaban J connectivity index is 2.21. The smallest absolute Gasteiger partial charge is 0.255 e. The molecule has 0 atom stereocenters. The van der Waals surface area contributed by atoms with E-state index in [1.807, 2.05) is 49.4 Å². The summed E-state index contributed by atoms with van der Waals surface area (Å²) < 4.78 is 0.946. The molecule has 0 heterocycles. The van der Waals surface area contributed by atoms with Crippen LogP contribution < -0.4 is 5.32 Å². The number of carbonyl (C=O) groups is 1. The molecule has 1 amide bonds. The Kier molecular flexibility index (Phi) is 5.26. The number of nitrogens with one attached hydrogen (secondary N) is 1. The highest BCUT2D eigenvalue weighted by molar-refractivity contribution is 9.10. The van der Waals surface area contributed by atoms with Gasteiger partial charge in [0.1, 0.15) is 0 Å². The molecule has 0 unspecified atom stereocenters. The van der Waals surface area contributed by atoms with Crippen LogP contribution >= 0.6 is 27.7 Å². The van der Waals surface area contributed by atoms with E-state index in [9.17, 15) is 4.79 Å². The molecule has 0 bridgehead atoms. The minimum atomic E-state index is -0.0881. The minimum absolute atomic E-state index is 0.0881. The van der Waals surface area contributed by atoms with E-state index < -0.39 is 0 Å². The molecule has 0 radical (unpaired) electrons. The topological polar surface area (TPSA) is 29.1 Å². The van der Waals surface area contributed by atoms with Gasteiger partial charge in [-0.15, -0.1) is 11.8 Å². The number of amides is 1. The van der Waals surface area contributed by atoms with Crippen molar-refractivity contribution < 1.29 is 4.79 Å². The van der Waals surface area contributed by atoms with Crippen LogP contribution in [-0.2, 0) is 0 Å². The van der Waals surface area contributed by atoms with Gasteiger partial charge in [0.05, 0.1) is 5.69 Å². The molecule has 0 aliphatic heterocycles. The van der Waals surface area contributed by atoms with E-state index in [2.05, 4.69) is 28.2 Å². The molecule has 2 rings (SSSR count). The van der Waals surface area contributed by atoms with Gasteiger partial charge in [0, 0.05) is 14.9 Å². The molecule has 0 aliphatic carbocycles. The van der Waals surface area contributed by atoms with E-state index in [4.69, 9.17) is 0 Å². The first-order chi connectivity index (χ1) is 9.61. The van der Waals surface area contributed by atoms with Gasteiger partial charge in [-0.3, -0.25) is 4.79 Å². The fourth-order valence-electron chi connectivity index (χ4n) is 1.78. The van der Waals surface area contributed by atoms with Gasteiger partial charge in [0.25, 0.3) is 5.91 Å². The van der Waals surface area contributed by atoms with Gasteiger partial charge in [-0.2, -0.15) is 0 Å². The molecule has 4 heteroatoms. The second kappa shape index (κ2) is 6.95. The van der Waals surface area contributed by atoms with Crippen molar-refractivity contribution in [1.82, 2.24) is 0 Å². The monoisotopic (exact) mass is 349 g/mol. The summed E-state index contributed by atoms with van der Waals surface area (Å²) in [5, 5.41) is 2.98. The molecule has 104 valence electrons. The van der Waals surface area contributed by atoms with Crippen LogP contribution in [0, 0.1) is 6.92 Å². The zero-order valence-electron chi connectivity index (χ0n) is 11.4. The molecule has 0 saturated carbocycles. The van der Waals surface area contributed by atoms with Crippen LogP contribution in [0.2, 0.25) is 0 Å². The van der Waals surface area contributed by atoms with Crippen LogP contribution in [0.1, 0.15) is 22.8 Å². The summed E-state index contributed by atoms with van der Waals surface area (Å²) in [5.74, 6) is 0.887. The zero-order chi connectivity index (χ0) is 14.5. The van der Waals surface area contributed by atoms with Crippen LogP contribution in [0.3, 0.4) is 0 Å². The number of benzene rings is 2. The van der Waals surface area contributed by atoms with Crippen molar-refractivity contribution in [3.63, 3.8) is 0 Å². The second-order valence-corrected chi connectivity index (χ2v) is 6.51. The number of hydrogen-bond donors (Lipinski definition) is 1. The number of hydrogen-bond acceptors (Lipinski definition) is 2. The molecular weight excluding hydrogens is 334 g/mol. The maximum Gasteiger partial charge on any atom is 0.255 e. The van der Waals surface area contributed by atoms with Gasteiger partial charge in [-0.25, -0.2) is 0 Å². The van der Waals surface area contributed by atoms with Crippen molar-refractivity contribution in [3.05, 3.63) is 58.1 Å². The largest absolute Gasteiger partial charge is 0.321 e. The number of aryl methyl sites for hydroxylation is 1. The van der Waals surface area contributed by atoms with E-state index in [1.54, 1.807) is 11.8 Å². The summed E-state index contributed by atoms with van der Waals surface area (Å²) in [6.07, 6.45) is 0. The van der Waals surface area contributed by atoms with Gasteiger partial charge in [-0.05, 0) is 42.5 Å². The van der Waals surface area contributed by atoms with Crippen LogP contribution in [0.15, 0.2) is 51.8 Å². The number of anilines is 1. The molecule has 0 aliphatic rings. The summed E-state index contributed by atoms with van der Waals surface area (Å²) in [6, 6.07) is 13.5. The first kappa shape index (κ1) is 15.1. The van der Waals surface area contributed by atoms with Crippen molar-refractivity contribution in [3.8, 4) is 0 Å². The molecule has 0 spiro atoms. The van der Waals surface area contributed by atoms with Gasteiger partial charge in [-0.1, -0.05) is 41.1 Å². The van der Waals surface area contributed by atoms with Crippen LogP contribution in [0.4, 0.5) is 5.69 Å². The quantitative estimate of drug-likeness (QED) is 0.776. The highest BCUT2D eigenvalue weighted by atomic mass is 79.9. The Morgan fingerprint density at radius 3 is 2.70 bits per heavy atom. The van der Waals surface area contributed by atoms with E-state index in [1.165, 1.54) is 0 Å². The lowest BCUT2D eigenvalue weighted by Crippen LogP contribution is -2.12. The number of rotatable bonds is 4. The molecule has 2 aromatic rings. The number of thioether (sulfide) groups is 1. The van der Waals surface area contributed by atoms with Gasteiger partial charge in [0.2, 0.25) is 0 Å². The summed E-state index contributed by atoms with van der Waals surface area (Å²) in [5.41, 5.74) is 2.63. The Morgan fingerprint density at radius 1 is 1.25 bits per heavy atom. The van der Waals surface area contributed by atoms with E-state index in [0.29, 0.717) is 5.56 Å². The van der Waals surface area contributed by atoms with Crippen LogP contribution in [-0.4, -0.2) is 11.7 Å². The average Bonchev–Trinajstić information content (AvgIpc) is 2.44. The van der Waals surface area contributed by atoms with Crippen molar-refractivity contribution in [2.75, 3.05) is 11.1 Å².